The smallest absolute Gasteiger partial charge is 0.0799 e. The lowest BCUT2D eigenvalue weighted by atomic mass is 10.1. The minimum atomic E-state index is 0.990. The van der Waals surface area contributed by atoms with Gasteiger partial charge in [-0.05, 0) is 12.8 Å². The molecule has 2 atom stereocenters. The fourth-order valence-electron chi connectivity index (χ4n) is 2.71. The van der Waals surface area contributed by atoms with Crippen LogP contribution in [0.4, 0.5) is 0 Å². The van der Waals surface area contributed by atoms with Crippen molar-refractivity contribution < 1.29 is 4.90 Å². The number of likely N-dealkylation sites (tertiary alicyclic amines) is 1. The SMILES string of the molecule is CCCCCCCCC[NH+]1CCC(C)C1.[C-]#N. The third kappa shape index (κ3) is 9.18. The fraction of sp³-hybridized carbons (Fsp3) is 0.933. The van der Waals surface area contributed by atoms with Crippen molar-refractivity contribution in [3.05, 3.63) is 6.57 Å². The molecule has 0 aromatic heterocycles. The molecule has 2 unspecified atom stereocenters. The molecule has 1 fully saturated rings. The summed E-state index contributed by atoms with van der Waals surface area (Å²) in [6, 6.07) is 0. The molecule has 0 aromatic rings. The molecule has 1 rings (SSSR count). The molecule has 0 bridgehead atoms. The van der Waals surface area contributed by atoms with Crippen LogP contribution in [0.1, 0.15) is 65.2 Å². The first-order chi connectivity index (χ1) is 8.33. The molecule has 1 N–H and O–H groups in total. The van der Waals surface area contributed by atoms with Crippen LogP contribution in [0.5, 0.6) is 0 Å². The monoisotopic (exact) mass is 238 g/mol. The standard InChI is InChI=1S/C14H29N.CN/c1-3-4-5-6-7-8-9-11-15-12-10-14(2)13-15;1-2/h14H,3-13H2,1-2H3;/q;-1/p+1. The second kappa shape index (κ2) is 11.9. The van der Waals surface area contributed by atoms with Gasteiger partial charge in [-0.3, -0.25) is 0 Å². The van der Waals surface area contributed by atoms with E-state index in [0.717, 1.165) is 5.92 Å². The summed E-state index contributed by atoms with van der Waals surface area (Å²) in [5.74, 6) is 0.990. The largest absolute Gasteiger partial charge is 0.512 e. The zero-order valence-electron chi connectivity index (χ0n) is 11.8. The summed E-state index contributed by atoms with van der Waals surface area (Å²) in [6.45, 7) is 13.8. The predicted molar refractivity (Wildman–Crippen MR) is 72.3 cm³/mol. The maximum absolute atomic E-state index is 6.25. The Balaban J connectivity index is 0.00000121. The third-order valence-electron chi connectivity index (χ3n) is 3.76. The molecule has 1 saturated heterocycles. The van der Waals surface area contributed by atoms with E-state index in [1.807, 2.05) is 4.90 Å². The van der Waals surface area contributed by atoms with Gasteiger partial charge < -0.3 is 16.7 Å². The highest BCUT2D eigenvalue weighted by Gasteiger charge is 2.21. The molecule has 1 heterocycles. The molecule has 1 aliphatic rings. The van der Waals surface area contributed by atoms with Gasteiger partial charge in [-0.1, -0.05) is 46.0 Å². The van der Waals surface area contributed by atoms with Gasteiger partial charge >= 0.3 is 0 Å². The molecule has 0 aromatic carbocycles. The van der Waals surface area contributed by atoms with Crippen molar-refractivity contribution in [1.82, 2.24) is 0 Å². The molecule has 0 saturated carbocycles. The van der Waals surface area contributed by atoms with E-state index in [0.29, 0.717) is 0 Å². The van der Waals surface area contributed by atoms with Gasteiger partial charge in [-0.15, -0.1) is 0 Å². The van der Waals surface area contributed by atoms with Crippen molar-refractivity contribution in [2.45, 2.75) is 65.2 Å². The van der Waals surface area contributed by atoms with Crippen molar-refractivity contribution in [2.24, 2.45) is 5.92 Å². The average molecular weight is 238 g/mol. The maximum atomic E-state index is 6.25. The molecule has 0 amide bonds. The zero-order valence-corrected chi connectivity index (χ0v) is 11.8. The van der Waals surface area contributed by atoms with Crippen LogP contribution in [0, 0.1) is 17.8 Å². The molecule has 0 spiro atoms. The van der Waals surface area contributed by atoms with Crippen molar-refractivity contribution in [3.63, 3.8) is 0 Å². The molecule has 2 nitrogen and oxygen atoms in total. The van der Waals surface area contributed by atoms with Crippen molar-refractivity contribution in [2.75, 3.05) is 19.6 Å². The molecule has 0 aliphatic carbocycles. The molecule has 0 radical (unpaired) electrons. The summed E-state index contributed by atoms with van der Waals surface area (Å²) in [6.07, 6.45) is 11.6. The number of hydrogen-bond acceptors (Lipinski definition) is 1. The van der Waals surface area contributed by atoms with Crippen LogP contribution in [0.3, 0.4) is 0 Å². The predicted octanol–water partition coefficient (Wildman–Crippen LogP) is 2.76. The summed E-state index contributed by atoms with van der Waals surface area (Å²) in [4.78, 5) is 1.87. The Bertz CT molecular complexity index is 177. The number of unbranched alkanes of at least 4 members (excludes halogenated alkanes) is 6. The Labute approximate surface area is 108 Å². The second-order valence-corrected chi connectivity index (χ2v) is 5.47. The third-order valence-corrected chi connectivity index (χ3v) is 3.76. The first-order valence-corrected chi connectivity index (χ1v) is 7.39. The lowest BCUT2D eigenvalue weighted by molar-refractivity contribution is -0.889. The molecular weight excluding hydrogens is 208 g/mol. The normalized spacial score (nSPS) is 23.1. The summed E-state index contributed by atoms with van der Waals surface area (Å²) >= 11 is 0. The molecular formula is C15H30N2. The Kier molecular flexibility index (Phi) is 11.5. The van der Waals surface area contributed by atoms with Crippen LogP contribution in [0.2, 0.25) is 0 Å². The first-order valence-electron chi connectivity index (χ1n) is 7.39. The lowest BCUT2D eigenvalue weighted by Gasteiger charge is -2.12. The van der Waals surface area contributed by atoms with Crippen molar-refractivity contribution in [3.8, 4) is 0 Å². The van der Waals surface area contributed by atoms with Gasteiger partial charge in [-0.2, -0.15) is 0 Å². The zero-order chi connectivity index (χ0) is 12.9. The second-order valence-electron chi connectivity index (χ2n) is 5.47. The molecule has 1 aliphatic heterocycles. The van der Waals surface area contributed by atoms with Crippen LogP contribution < -0.4 is 4.90 Å². The van der Waals surface area contributed by atoms with Crippen LogP contribution in [-0.2, 0) is 0 Å². The Morgan fingerprint density at radius 1 is 1.06 bits per heavy atom. The van der Waals surface area contributed by atoms with Gasteiger partial charge in [0.15, 0.2) is 0 Å². The quantitative estimate of drug-likeness (QED) is 0.511. The highest BCUT2D eigenvalue weighted by atomic mass is 15.1. The minimum absolute atomic E-state index is 0.990. The highest BCUT2D eigenvalue weighted by molar-refractivity contribution is 4.55. The van der Waals surface area contributed by atoms with E-state index in [1.54, 1.807) is 0 Å². The number of rotatable bonds is 8. The number of nitrogens with zero attached hydrogens (tertiary/aromatic N) is 1. The Hall–Kier alpha value is -0.550. The summed E-state index contributed by atoms with van der Waals surface area (Å²) < 4.78 is 0. The van der Waals surface area contributed by atoms with Crippen molar-refractivity contribution >= 4 is 0 Å². The van der Waals surface area contributed by atoms with Crippen LogP contribution in [0.25, 0.3) is 0 Å². The van der Waals surface area contributed by atoms with Gasteiger partial charge in [0.2, 0.25) is 0 Å². The molecule has 17 heavy (non-hydrogen) atoms. The van der Waals surface area contributed by atoms with Crippen LogP contribution in [0.15, 0.2) is 0 Å². The average Bonchev–Trinajstić information content (AvgIpc) is 2.77. The highest BCUT2D eigenvalue weighted by Crippen LogP contribution is 2.06. The number of quaternary nitrogens is 1. The Morgan fingerprint density at radius 2 is 1.65 bits per heavy atom. The summed E-state index contributed by atoms with van der Waals surface area (Å²) in [5.41, 5.74) is 0. The topological polar surface area (TPSA) is 28.2 Å². The van der Waals surface area contributed by atoms with Gasteiger partial charge in [0.05, 0.1) is 19.6 Å². The van der Waals surface area contributed by atoms with E-state index in [9.17, 15) is 0 Å². The number of nitrogens with one attached hydrogen (secondary N) is 1. The van der Waals surface area contributed by atoms with E-state index in [-0.39, 0.29) is 0 Å². The van der Waals surface area contributed by atoms with Gasteiger partial charge in [0, 0.05) is 12.3 Å². The van der Waals surface area contributed by atoms with Crippen LogP contribution in [-0.4, -0.2) is 19.6 Å². The maximum Gasteiger partial charge on any atom is 0.0799 e. The van der Waals surface area contributed by atoms with Crippen LogP contribution >= 0.6 is 0 Å². The van der Waals surface area contributed by atoms with E-state index >= 15 is 0 Å². The summed E-state index contributed by atoms with van der Waals surface area (Å²) in [7, 11) is 0. The van der Waals surface area contributed by atoms with Gasteiger partial charge in [0.25, 0.3) is 0 Å². The fourth-order valence-corrected chi connectivity index (χ4v) is 2.71. The lowest BCUT2D eigenvalue weighted by Crippen LogP contribution is -3.10. The number of hydrogen-bond donors (Lipinski definition) is 1. The molecule has 2 heteroatoms. The van der Waals surface area contributed by atoms with E-state index in [2.05, 4.69) is 13.8 Å². The minimum Gasteiger partial charge on any atom is -0.512 e. The summed E-state index contributed by atoms with van der Waals surface area (Å²) in [5, 5.41) is 6.25. The van der Waals surface area contributed by atoms with E-state index in [4.69, 9.17) is 11.8 Å². The van der Waals surface area contributed by atoms with Gasteiger partial charge in [0.1, 0.15) is 0 Å². The van der Waals surface area contributed by atoms with Crippen molar-refractivity contribution in [1.29, 1.82) is 5.26 Å². The van der Waals surface area contributed by atoms with Gasteiger partial charge in [-0.25, -0.2) is 0 Å². The first kappa shape index (κ1) is 16.4. The molecule has 100 valence electrons. The van der Waals surface area contributed by atoms with E-state index < -0.39 is 0 Å². The van der Waals surface area contributed by atoms with E-state index in [1.165, 1.54) is 71.0 Å². The Morgan fingerprint density at radius 3 is 2.18 bits per heavy atom.